The normalized spacial score (nSPS) is 25.1. The Bertz CT molecular complexity index is 1620. The van der Waals surface area contributed by atoms with Crippen molar-refractivity contribution in [3.8, 4) is 0 Å². The molecule has 2 saturated heterocycles. The van der Waals surface area contributed by atoms with Crippen LogP contribution in [0.25, 0.3) is 0 Å². The average molecular weight is 635 g/mol. The number of hydrogen-bond acceptors (Lipinski definition) is 5. The first-order chi connectivity index (χ1) is 22.8. The summed E-state index contributed by atoms with van der Waals surface area (Å²) in [7, 11) is 0. The van der Waals surface area contributed by atoms with Crippen LogP contribution in [-0.4, -0.2) is 35.5 Å². The van der Waals surface area contributed by atoms with Crippen LogP contribution in [0.5, 0.6) is 0 Å². The first-order valence-corrected chi connectivity index (χ1v) is 16.9. The van der Waals surface area contributed by atoms with Crippen LogP contribution in [-0.2, 0) is 55.6 Å². The van der Waals surface area contributed by atoms with E-state index in [-0.39, 0.29) is 18.4 Å². The number of fused-ring (bicyclic) bond motifs is 2. The van der Waals surface area contributed by atoms with Gasteiger partial charge in [0.2, 0.25) is 5.79 Å². The summed E-state index contributed by atoms with van der Waals surface area (Å²) in [6, 6.07) is 35.5. The van der Waals surface area contributed by atoms with Gasteiger partial charge in [-0.3, -0.25) is 4.79 Å². The first-order valence-electron chi connectivity index (χ1n) is 16.9. The Morgan fingerprint density at radius 1 is 0.851 bits per heavy atom. The van der Waals surface area contributed by atoms with Crippen LogP contribution in [0, 0.1) is 12.8 Å². The third-order valence-corrected chi connectivity index (χ3v) is 10.1. The Morgan fingerprint density at radius 2 is 1.49 bits per heavy atom. The SMILES string of the molecule is CC[C@@]12CO[C@@](c3ccc(C)c(Cc4ccc(CCCC(=O)O)cc4)c3)(O1)[C@H](OCc1ccccc1)[C@@H](OCc1ccccc1)[C@@H]2C. The van der Waals surface area contributed by atoms with E-state index in [0.717, 1.165) is 41.5 Å². The van der Waals surface area contributed by atoms with Gasteiger partial charge in [0.25, 0.3) is 0 Å². The van der Waals surface area contributed by atoms with Crippen LogP contribution >= 0.6 is 0 Å². The number of carbonyl (C=O) groups is 1. The third-order valence-electron chi connectivity index (χ3n) is 10.1. The van der Waals surface area contributed by atoms with Crippen molar-refractivity contribution in [2.75, 3.05) is 6.61 Å². The van der Waals surface area contributed by atoms with Gasteiger partial charge in [0.05, 0.1) is 25.9 Å². The second kappa shape index (κ2) is 14.5. The molecule has 0 aromatic heterocycles. The van der Waals surface area contributed by atoms with Crippen molar-refractivity contribution < 1.29 is 28.8 Å². The molecule has 2 aliphatic heterocycles. The molecule has 4 aromatic carbocycles. The van der Waals surface area contributed by atoms with Crippen molar-refractivity contribution in [1.29, 1.82) is 0 Å². The summed E-state index contributed by atoms with van der Waals surface area (Å²) >= 11 is 0. The molecule has 2 heterocycles. The van der Waals surface area contributed by atoms with Crippen molar-refractivity contribution >= 4 is 5.97 Å². The molecule has 1 N–H and O–H groups in total. The molecule has 6 nitrogen and oxygen atoms in total. The van der Waals surface area contributed by atoms with Gasteiger partial charge in [-0.25, -0.2) is 0 Å². The topological polar surface area (TPSA) is 74.2 Å². The molecule has 2 fully saturated rings. The quantitative estimate of drug-likeness (QED) is 0.151. The Morgan fingerprint density at radius 3 is 2.13 bits per heavy atom. The summed E-state index contributed by atoms with van der Waals surface area (Å²) in [5.74, 6) is -1.85. The molecule has 0 unspecified atom stereocenters. The van der Waals surface area contributed by atoms with E-state index in [4.69, 9.17) is 24.1 Å². The minimum absolute atomic E-state index is 0.0338. The van der Waals surface area contributed by atoms with E-state index in [1.165, 1.54) is 16.7 Å². The monoisotopic (exact) mass is 634 g/mol. The molecule has 2 bridgehead atoms. The molecule has 5 atom stereocenters. The molecule has 47 heavy (non-hydrogen) atoms. The number of rotatable bonds is 14. The number of aryl methyl sites for hydroxylation is 2. The van der Waals surface area contributed by atoms with E-state index < -0.39 is 23.5 Å². The molecule has 6 heteroatoms. The Labute approximate surface area is 278 Å². The van der Waals surface area contributed by atoms with Gasteiger partial charge in [0.1, 0.15) is 11.7 Å². The molecular formula is C41H46O6. The largest absolute Gasteiger partial charge is 0.481 e. The van der Waals surface area contributed by atoms with Gasteiger partial charge in [-0.1, -0.05) is 111 Å². The van der Waals surface area contributed by atoms with Crippen LogP contribution < -0.4 is 0 Å². The molecule has 0 radical (unpaired) electrons. The molecule has 246 valence electrons. The van der Waals surface area contributed by atoms with Crippen molar-refractivity contribution in [2.24, 2.45) is 5.92 Å². The van der Waals surface area contributed by atoms with Gasteiger partial charge in [0.15, 0.2) is 0 Å². The predicted molar refractivity (Wildman–Crippen MR) is 182 cm³/mol. The van der Waals surface area contributed by atoms with Crippen LogP contribution in [0.3, 0.4) is 0 Å². The van der Waals surface area contributed by atoms with Crippen molar-refractivity contribution in [3.63, 3.8) is 0 Å². The highest BCUT2D eigenvalue weighted by molar-refractivity contribution is 5.66. The molecular weight excluding hydrogens is 588 g/mol. The van der Waals surface area contributed by atoms with Gasteiger partial charge in [0, 0.05) is 17.9 Å². The van der Waals surface area contributed by atoms with Crippen molar-refractivity contribution in [1.82, 2.24) is 0 Å². The number of carboxylic acids is 1. The molecule has 4 aromatic rings. The predicted octanol–water partition coefficient (Wildman–Crippen LogP) is 8.16. The number of benzene rings is 4. The maximum atomic E-state index is 10.9. The van der Waals surface area contributed by atoms with Gasteiger partial charge >= 0.3 is 5.97 Å². The zero-order valence-electron chi connectivity index (χ0n) is 27.7. The fraction of sp³-hybridized carbons (Fsp3) is 0.390. The Hall–Kier alpha value is -3.81. The Balaban J connectivity index is 1.32. The summed E-state index contributed by atoms with van der Waals surface area (Å²) < 4.78 is 27.7. The lowest BCUT2D eigenvalue weighted by Gasteiger charge is -2.50. The van der Waals surface area contributed by atoms with Gasteiger partial charge in [-0.05, 0) is 72.1 Å². The van der Waals surface area contributed by atoms with E-state index in [0.29, 0.717) is 26.2 Å². The molecule has 6 rings (SSSR count). The van der Waals surface area contributed by atoms with E-state index >= 15 is 0 Å². The minimum Gasteiger partial charge on any atom is -0.481 e. The van der Waals surface area contributed by atoms with Gasteiger partial charge in [-0.15, -0.1) is 0 Å². The lowest BCUT2D eigenvalue weighted by atomic mass is 9.76. The molecule has 0 aliphatic carbocycles. The molecule has 2 aliphatic rings. The van der Waals surface area contributed by atoms with E-state index in [1.807, 2.05) is 36.4 Å². The highest BCUT2D eigenvalue weighted by Crippen LogP contribution is 2.55. The van der Waals surface area contributed by atoms with Crippen LogP contribution in [0.4, 0.5) is 0 Å². The zero-order valence-corrected chi connectivity index (χ0v) is 27.7. The highest BCUT2D eigenvalue weighted by Gasteiger charge is 2.66. The van der Waals surface area contributed by atoms with Crippen molar-refractivity contribution in [2.45, 2.75) is 89.7 Å². The molecule has 0 spiro atoms. The van der Waals surface area contributed by atoms with Crippen LogP contribution in [0.2, 0.25) is 0 Å². The van der Waals surface area contributed by atoms with E-state index in [9.17, 15) is 4.79 Å². The smallest absolute Gasteiger partial charge is 0.303 e. The summed E-state index contributed by atoms with van der Waals surface area (Å²) in [6.07, 6.45) is 2.35. The summed E-state index contributed by atoms with van der Waals surface area (Å²) in [6.45, 7) is 7.87. The summed E-state index contributed by atoms with van der Waals surface area (Å²) in [5.41, 5.74) is 7.37. The maximum absolute atomic E-state index is 10.9. The maximum Gasteiger partial charge on any atom is 0.303 e. The standard InChI is InChI=1S/C41H46O6/c1-4-40-28-46-41(47-40,36-23-18-29(2)35(25-36)24-32-21-19-31(20-22-32)16-11-17-37(42)43)39(45-27-34-14-9-6-10-15-34)38(30(40)3)44-26-33-12-7-5-8-13-33/h5-10,12-15,18-23,25,30,38-39H,4,11,16-17,24,26-28H2,1-3H3,(H,42,43)/t30-,38-,39+,40-,41-/m0/s1. The fourth-order valence-corrected chi connectivity index (χ4v) is 7.06. The number of ether oxygens (including phenoxy) is 4. The van der Waals surface area contributed by atoms with Gasteiger partial charge < -0.3 is 24.1 Å². The van der Waals surface area contributed by atoms with E-state index in [2.05, 4.69) is 87.5 Å². The molecule has 0 amide bonds. The second-order valence-electron chi connectivity index (χ2n) is 13.1. The third kappa shape index (κ3) is 7.21. The summed E-state index contributed by atoms with van der Waals surface area (Å²) in [4.78, 5) is 10.9. The Kier molecular flexibility index (Phi) is 10.2. The average Bonchev–Trinajstić information content (AvgIpc) is 3.46. The molecule has 0 saturated carbocycles. The zero-order chi connectivity index (χ0) is 32.9. The lowest BCUT2D eigenvalue weighted by Crippen LogP contribution is -2.62. The second-order valence-corrected chi connectivity index (χ2v) is 13.1. The lowest BCUT2D eigenvalue weighted by molar-refractivity contribution is -0.333. The summed E-state index contributed by atoms with van der Waals surface area (Å²) in [5, 5.41) is 8.98. The number of hydrogen-bond donors (Lipinski definition) is 1. The van der Waals surface area contributed by atoms with Crippen LogP contribution in [0.15, 0.2) is 103 Å². The van der Waals surface area contributed by atoms with Crippen LogP contribution in [0.1, 0.15) is 72.1 Å². The van der Waals surface area contributed by atoms with Crippen molar-refractivity contribution in [3.05, 3.63) is 142 Å². The first kappa shape index (κ1) is 33.1. The minimum atomic E-state index is -1.13. The van der Waals surface area contributed by atoms with E-state index in [1.54, 1.807) is 0 Å². The fourth-order valence-electron chi connectivity index (χ4n) is 7.06. The number of aliphatic carboxylic acids is 1. The highest BCUT2D eigenvalue weighted by atomic mass is 16.8. The van der Waals surface area contributed by atoms with Gasteiger partial charge in [-0.2, -0.15) is 0 Å². The number of carboxylic acid groups (broad SMARTS) is 1.